The lowest BCUT2D eigenvalue weighted by molar-refractivity contribution is -0.143. The predicted octanol–water partition coefficient (Wildman–Crippen LogP) is 25.8. The molecule has 0 saturated carbocycles. The molecule has 0 aromatic heterocycles. The van der Waals surface area contributed by atoms with Gasteiger partial charge in [0.25, 0.3) is 0 Å². The molecule has 0 aliphatic rings. The molecule has 0 aromatic rings. The molecule has 0 heterocycles. The first-order chi connectivity index (χ1) is 42.5. The number of carbonyl (C=O) groups excluding carboxylic acids is 2. The summed E-state index contributed by atoms with van der Waals surface area (Å²) in [6, 6.07) is -0.626. The summed E-state index contributed by atoms with van der Waals surface area (Å²) >= 11 is 0. The first-order valence-electron chi connectivity index (χ1n) is 39.3. The summed E-state index contributed by atoms with van der Waals surface area (Å²) in [5.74, 6) is -0.0392. The smallest absolute Gasteiger partial charge is 0.305 e. The van der Waals surface area contributed by atoms with E-state index < -0.39 is 12.1 Å². The van der Waals surface area contributed by atoms with Crippen LogP contribution in [0.25, 0.3) is 0 Å². The molecule has 0 spiro atoms. The van der Waals surface area contributed by atoms with E-state index in [1.165, 1.54) is 366 Å². The molecular formula is C80H153NO5. The molecule has 0 bridgehead atoms. The Labute approximate surface area is 538 Å². The molecule has 1 amide bonds. The maximum atomic E-state index is 12.5. The summed E-state index contributed by atoms with van der Waals surface area (Å²) in [5, 5.41) is 23.2. The zero-order valence-electron chi connectivity index (χ0n) is 58.3. The Morgan fingerprint density at radius 3 is 0.884 bits per heavy atom. The Hall–Kier alpha value is -1.92. The van der Waals surface area contributed by atoms with Crippen molar-refractivity contribution in [1.82, 2.24) is 5.32 Å². The van der Waals surface area contributed by atoms with Gasteiger partial charge < -0.3 is 20.3 Å². The molecule has 0 rings (SSSR count). The predicted molar refractivity (Wildman–Crippen MR) is 379 cm³/mol. The van der Waals surface area contributed by atoms with Crippen molar-refractivity contribution in [3.63, 3.8) is 0 Å². The van der Waals surface area contributed by atoms with Crippen molar-refractivity contribution in [3.8, 4) is 0 Å². The fourth-order valence-corrected chi connectivity index (χ4v) is 12.4. The van der Waals surface area contributed by atoms with E-state index in [0.717, 1.165) is 44.9 Å². The summed E-state index contributed by atoms with van der Waals surface area (Å²) in [7, 11) is 0. The van der Waals surface area contributed by atoms with Gasteiger partial charge >= 0.3 is 5.97 Å². The zero-order valence-corrected chi connectivity index (χ0v) is 58.3. The van der Waals surface area contributed by atoms with Crippen molar-refractivity contribution in [3.05, 3.63) is 36.5 Å². The number of unbranched alkanes of at least 4 members (excludes halogenated alkanes) is 59. The van der Waals surface area contributed by atoms with Crippen LogP contribution in [0.5, 0.6) is 0 Å². The van der Waals surface area contributed by atoms with Crippen molar-refractivity contribution < 1.29 is 24.5 Å². The minimum Gasteiger partial charge on any atom is -0.466 e. The van der Waals surface area contributed by atoms with Crippen LogP contribution >= 0.6 is 0 Å². The summed E-state index contributed by atoms with van der Waals surface area (Å²) in [4.78, 5) is 24.6. The summed E-state index contributed by atoms with van der Waals surface area (Å²) < 4.78 is 5.49. The van der Waals surface area contributed by atoms with Gasteiger partial charge in [0.2, 0.25) is 5.91 Å². The molecule has 0 aliphatic heterocycles. The van der Waals surface area contributed by atoms with Gasteiger partial charge in [0.1, 0.15) is 0 Å². The van der Waals surface area contributed by atoms with Crippen molar-refractivity contribution >= 4 is 11.9 Å². The van der Waals surface area contributed by atoms with E-state index in [1.54, 1.807) is 6.08 Å². The third-order valence-corrected chi connectivity index (χ3v) is 18.4. The Balaban J connectivity index is 3.36. The molecule has 0 saturated heterocycles. The molecule has 86 heavy (non-hydrogen) atoms. The lowest BCUT2D eigenvalue weighted by Crippen LogP contribution is -2.45. The highest BCUT2D eigenvalue weighted by Gasteiger charge is 2.18. The number of hydrogen-bond acceptors (Lipinski definition) is 5. The number of esters is 1. The van der Waals surface area contributed by atoms with Gasteiger partial charge in [0.15, 0.2) is 0 Å². The van der Waals surface area contributed by atoms with Crippen molar-refractivity contribution in [2.75, 3.05) is 13.2 Å². The highest BCUT2D eigenvalue weighted by Crippen LogP contribution is 2.19. The quantitative estimate of drug-likeness (QED) is 0.0320. The molecular weight excluding hydrogens is 1050 g/mol. The van der Waals surface area contributed by atoms with E-state index >= 15 is 0 Å². The fraction of sp³-hybridized carbons (Fsp3) is 0.900. The van der Waals surface area contributed by atoms with Gasteiger partial charge in [-0.25, -0.2) is 0 Å². The number of rotatable bonds is 74. The SMILES string of the molecule is CCCCCCCCCCCCCCCCC/C=C/C(O)C(CO)NC(=O)CCCCCCCCCCCCCCCCCCC/C=C\C/C=C\CCCCCCCCCCCCCCCCCOC(=O)CCCCCCCCCCCCCCC. The van der Waals surface area contributed by atoms with Crippen molar-refractivity contribution in [1.29, 1.82) is 0 Å². The number of aliphatic hydroxyl groups excluding tert-OH is 2. The molecule has 2 unspecified atom stereocenters. The monoisotopic (exact) mass is 1210 g/mol. The second-order valence-electron chi connectivity index (χ2n) is 27.0. The topological polar surface area (TPSA) is 95.9 Å². The molecule has 0 aliphatic carbocycles. The molecule has 3 N–H and O–H groups in total. The van der Waals surface area contributed by atoms with Crippen LogP contribution in [0.3, 0.4) is 0 Å². The van der Waals surface area contributed by atoms with Crippen LogP contribution in [0, 0.1) is 0 Å². The minimum absolute atomic E-state index is 0.0223. The van der Waals surface area contributed by atoms with Crippen LogP contribution in [-0.4, -0.2) is 47.4 Å². The zero-order chi connectivity index (χ0) is 62.0. The Kier molecular flexibility index (Phi) is 73.9. The normalized spacial score (nSPS) is 12.7. The van der Waals surface area contributed by atoms with E-state index in [9.17, 15) is 19.8 Å². The van der Waals surface area contributed by atoms with Crippen molar-refractivity contribution in [2.24, 2.45) is 0 Å². The van der Waals surface area contributed by atoms with Crippen LogP contribution in [0.2, 0.25) is 0 Å². The van der Waals surface area contributed by atoms with E-state index in [1.807, 2.05) is 6.08 Å². The summed E-state index contributed by atoms with van der Waals surface area (Å²) in [5.41, 5.74) is 0. The van der Waals surface area contributed by atoms with Crippen LogP contribution < -0.4 is 5.32 Å². The second-order valence-corrected chi connectivity index (χ2v) is 27.0. The summed E-state index contributed by atoms with van der Waals surface area (Å²) in [6.07, 6.45) is 98.4. The Morgan fingerprint density at radius 2 is 0.581 bits per heavy atom. The van der Waals surface area contributed by atoms with Gasteiger partial charge in [-0.2, -0.15) is 0 Å². The number of aliphatic hydroxyl groups is 2. The number of allylic oxidation sites excluding steroid dienone is 5. The maximum Gasteiger partial charge on any atom is 0.305 e. The number of ether oxygens (including phenoxy) is 1. The number of carbonyl (C=O) groups is 2. The molecule has 2 atom stereocenters. The minimum atomic E-state index is -0.843. The first-order valence-corrected chi connectivity index (χ1v) is 39.3. The van der Waals surface area contributed by atoms with Gasteiger partial charge in [-0.3, -0.25) is 9.59 Å². The van der Waals surface area contributed by atoms with E-state index in [4.69, 9.17) is 4.74 Å². The maximum absolute atomic E-state index is 12.5. The summed E-state index contributed by atoms with van der Waals surface area (Å²) in [6.45, 7) is 4.95. The molecule has 0 aromatic carbocycles. The van der Waals surface area contributed by atoms with Crippen molar-refractivity contribution in [2.45, 2.75) is 450 Å². The van der Waals surface area contributed by atoms with Gasteiger partial charge in [-0.1, -0.05) is 397 Å². The average molecular weight is 1210 g/mol. The fourth-order valence-electron chi connectivity index (χ4n) is 12.4. The Morgan fingerprint density at radius 1 is 0.326 bits per heavy atom. The lowest BCUT2D eigenvalue weighted by Gasteiger charge is -2.20. The average Bonchev–Trinajstić information content (AvgIpc) is 3.56. The number of hydrogen-bond donors (Lipinski definition) is 3. The van der Waals surface area contributed by atoms with Crippen LogP contribution in [-0.2, 0) is 14.3 Å². The highest BCUT2D eigenvalue weighted by atomic mass is 16.5. The largest absolute Gasteiger partial charge is 0.466 e. The third kappa shape index (κ3) is 71.2. The molecule has 508 valence electrons. The number of amides is 1. The molecule has 6 nitrogen and oxygen atoms in total. The van der Waals surface area contributed by atoms with Gasteiger partial charge in [-0.05, 0) is 64.2 Å². The second kappa shape index (κ2) is 75.5. The highest BCUT2D eigenvalue weighted by molar-refractivity contribution is 5.76. The first kappa shape index (κ1) is 84.1. The number of nitrogens with one attached hydrogen (secondary N) is 1. The van der Waals surface area contributed by atoms with Crippen LogP contribution in [0.1, 0.15) is 438 Å². The third-order valence-electron chi connectivity index (χ3n) is 18.4. The molecule has 0 fully saturated rings. The van der Waals surface area contributed by atoms with Crippen LogP contribution in [0.4, 0.5) is 0 Å². The Bertz CT molecular complexity index is 1390. The van der Waals surface area contributed by atoms with E-state index in [-0.39, 0.29) is 18.5 Å². The molecule has 0 radical (unpaired) electrons. The molecule has 6 heteroatoms. The lowest BCUT2D eigenvalue weighted by atomic mass is 10.0. The standard InChI is InChI=1S/C80H153NO5/c1-3-5-7-9-11-13-15-17-18-42-45-49-52-56-60-64-68-72-78(83)77(76-82)81-79(84)73-69-65-61-57-53-50-46-43-40-38-36-34-32-30-28-26-24-22-20-19-21-23-25-27-29-31-33-35-37-39-41-44-47-51-55-59-63-67-71-75-86-80(85)74-70-66-62-58-54-48-16-14-12-10-8-6-4-2/h19-20,23,25,68,72,77-78,82-83H,3-18,21-22,24,26-67,69-71,73-76H2,1-2H3,(H,81,84)/b20-19-,25-23-,72-68+. The van der Waals surface area contributed by atoms with Gasteiger partial charge in [-0.15, -0.1) is 0 Å². The van der Waals surface area contributed by atoms with E-state index in [2.05, 4.69) is 43.5 Å². The van der Waals surface area contributed by atoms with E-state index in [0.29, 0.717) is 19.4 Å². The van der Waals surface area contributed by atoms with Gasteiger partial charge in [0, 0.05) is 12.8 Å². The van der Waals surface area contributed by atoms with Crippen LogP contribution in [0.15, 0.2) is 36.5 Å². The van der Waals surface area contributed by atoms with Gasteiger partial charge in [0.05, 0.1) is 25.4 Å².